The molecule has 0 aliphatic carbocycles. The molecule has 0 saturated heterocycles. The van der Waals surface area contributed by atoms with Crippen LogP contribution in [0.15, 0.2) is 5.38 Å². The Kier molecular flexibility index (Phi) is 4.85. The number of hydrogen-bond acceptors (Lipinski definition) is 5. The zero-order valence-corrected chi connectivity index (χ0v) is 9.95. The molecular formula is C9H13N3O4S. The number of urea groups is 1. The lowest BCUT2D eigenvalue weighted by molar-refractivity contribution is -0.146. The van der Waals surface area contributed by atoms with Crippen LogP contribution in [0, 0.1) is 6.92 Å². The zero-order chi connectivity index (χ0) is 12.8. The number of amides is 2. The fraction of sp³-hybridized carbons (Fsp3) is 0.444. The van der Waals surface area contributed by atoms with Crippen LogP contribution in [0.5, 0.6) is 0 Å². The molecule has 0 saturated carbocycles. The highest BCUT2D eigenvalue weighted by Crippen LogP contribution is 2.07. The Morgan fingerprint density at radius 2 is 2.24 bits per heavy atom. The van der Waals surface area contributed by atoms with Gasteiger partial charge in [0.25, 0.3) is 0 Å². The Morgan fingerprint density at radius 1 is 1.53 bits per heavy atom. The van der Waals surface area contributed by atoms with Crippen molar-refractivity contribution in [1.29, 1.82) is 0 Å². The summed E-state index contributed by atoms with van der Waals surface area (Å²) in [5.74, 6) is -1.37. The molecule has 17 heavy (non-hydrogen) atoms. The lowest BCUT2D eigenvalue weighted by Gasteiger charge is -2.08. The molecular weight excluding hydrogens is 246 g/mol. The summed E-state index contributed by atoms with van der Waals surface area (Å²) in [6.45, 7) is 1.79. The van der Waals surface area contributed by atoms with E-state index in [2.05, 4.69) is 15.6 Å². The smallest absolute Gasteiger partial charge is 0.334 e. The second-order valence-electron chi connectivity index (χ2n) is 3.30. The number of carboxylic acid groups (broad SMARTS) is 1. The molecule has 1 atom stereocenters. The molecule has 0 aliphatic rings. The van der Waals surface area contributed by atoms with E-state index in [9.17, 15) is 9.59 Å². The van der Waals surface area contributed by atoms with Crippen molar-refractivity contribution in [3.63, 3.8) is 0 Å². The Morgan fingerprint density at radius 3 is 2.76 bits per heavy atom. The predicted octanol–water partition coefficient (Wildman–Crippen LogP) is -0.304. The van der Waals surface area contributed by atoms with Crippen molar-refractivity contribution in [2.45, 2.75) is 19.6 Å². The molecule has 0 aliphatic heterocycles. The number of aliphatic carboxylic acids is 1. The van der Waals surface area contributed by atoms with Gasteiger partial charge in [-0.1, -0.05) is 0 Å². The SMILES string of the molecule is Cc1csc(CNC(=O)NC[C@H](O)C(=O)O)n1. The third-order valence-electron chi connectivity index (χ3n) is 1.81. The normalized spacial score (nSPS) is 11.9. The summed E-state index contributed by atoms with van der Waals surface area (Å²) < 4.78 is 0. The minimum atomic E-state index is -1.59. The molecule has 0 aromatic carbocycles. The molecule has 0 unspecified atom stereocenters. The van der Waals surface area contributed by atoms with Gasteiger partial charge in [0.15, 0.2) is 6.10 Å². The summed E-state index contributed by atoms with van der Waals surface area (Å²) in [5, 5.41) is 24.6. The molecule has 8 heteroatoms. The number of hydrogen-bond donors (Lipinski definition) is 4. The van der Waals surface area contributed by atoms with E-state index in [-0.39, 0.29) is 13.1 Å². The van der Waals surface area contributed by atoms with Gasteiger partial charge in [-0.2, -0.15) is 0 Å². The van der Waals surface area contributed by atoms with E-state index >= 15 is 0 Å². The Balaban J connectivity index is 2.24. The molecule has 1 aromatic heterocycles. The molecule has 0 fully saturated rings. The van der Waals surface area contributed by atoms with E-state index < -0.39 is 18.1 Å². The second kappa shape index (κ2) is 6.16. The molecule has 1 heterocycles. The molecule has 2 amide bonds. The fourth-order valence-corrected chi connectivity index (χ4v) is 1.69. The molecule has 0 bridgehead atoms. The van der Waals surface area contributed by atoms with Crippen LogP contribution in [0.3, 0.4) is 0 Å². The van der Waals surface area contributed by atoms with Crippen LogP contribution in [0.2, 0.25) is 0 Å². The Bertz CT molecular complexity index is 407. The van der Waals surface area contributed by atoms with Gasteiger partial charge < -0.3 is 20.8 Å². The highest BCUT2D eigenvalue weighted by molar-refractivity contribution is 7.09. The number of carboxylic acids is 1. The van der Waals surface area contributed by atoms with E-state index in [0.29, 0.717) is 0 Å². The number of carbonyl (C=O) groups is 2. The van der Waals surface area contributed by atoms with Gasteiger partial charge >= 0.3 is 12.0 Å². The minimum absolute atomic E-state index is 0.271. The molecule has 1 rings (SSSR count). The first-order chi connectivity index (χ1) is 7.99. The number of aromatic nitrogens is 1. The summed E-state index contributed by atoms with van der Waals surface area (Å²) in [6.07, 6.45) is -1.59. The van der Waals surface area contributed by atoms with Crippen molar-refractivity contribution >= 4 is 23.3 Å². The first kappa shape index (κ1) is 13.4. The standard InChI is InChI=1S/C9H13N3O4S/c1-5-4-17-7(12-5)3-11-9(16)10-2-6(13)8(14)15/h4,6,13H,2-3H2,1H3,(H,14,15)(H2,10,11,16)/t6-/m0/s1. The van der Waals surface area contributed by atoms with Crippen molar-refractivity contribution in [3.8, 4) is 0 Å². The van der Waals surface area contributed by atoms with Gasteiger partial charge in [-0.3, -0.25) is 0 Å². The summed E-state index contributed by atoms with van der Waals surface area (Å²) >= 11 is 1.42. The van der Waals surface area contributed by atoms with E-state index in [1.54, 1.807) is 0 Å². The molecule has 94 valence electrons. The van der Waals surface area contributed by atoms with Crippen molar-refractivity contribution < 1.29 is 19.8 Å². The van der Waals surface area contributed by atoms with Gasteiger partial charge in [-0.05, 0) is 6.92 Å². The summed E-state index contributed by atoms with van der Waals surface area (Å²) in [6, 6.07) is -0.543. The average molecular weight is 259 g/mol. The van der Waals surface area contributed by atoms with Crippen LogP contribution in [0.1, 0.15) is 10.7 Å². The van der Waals surface area contributed by atoms with Crippen LogP contribution < -0.4 is 10.6 Å². The third-order valence-corrected chi connectivity index (χ3v) is 2.77. The summed E-state index contributed by atoms with van der Waals surface area (Å²) in [5.41, 5.74) is 0.883. The highest BCUT2D eigenvalue weighted by atomic mass is 32.1. The predicted molar refractivity (Wildman–Crippen MR) is 60.7 cm³/mol. The van der Waals surface area contributed by atoms with Crippen LogP contribution in [0.4, 0.5) is 4.79 Å². The number of aliphatic hydroxyl groups excluding tert-OH is 1. The quantitative estimate of drug-likeness (QED) is 0.580. The van der Waals surface area contributed by atoms with Gasteiger partial charge in [-0.25, -0.2) is 14.6 Å². The number of nitrogens with zero attached hydrogens (tertiary/aromatic N) is 1. The first-order valence-corrected chi connectivity index (χ1v) is 5.70. The first-order valence-electron chi connectivity index (χ1n) is 4.82. The number of carbonyl (C=O) groups excluding carboxylic acids is 1. The third kappa shape index (κ3) is 4.79. The zero-order valence-electron chi connectivity index (χ0n) is 9.14. The largest absolute Gasteiger partial charge is 0.479 e. The van der Waals surface area contributed by atoms with Crippen LogP contribution in [-0.2, 0) is 11.3 Å². The fourth-order valence-electron chi connectivity index (χ4n) is 0.979. The van der Waals surface area contributed by atoms with Gasteiger partial charge in [-0.15, -0.1) is 11.3 Å². The van der Waals surface area contributed by atoms with E-state index in [1.165, 1.54) is 11.3 Å². The second-order valence-corrected chi connectivity index (χ2v) is 4.24. The Labute approximate surface area is 101 Å². The average Bonchev–Trinajstić information content (AvgIpc) is 2.69. The van der Waals surface area contributed by atoms with Crippen LogP contribution in [0.25, 0.3) is 0 Å². The van der Waals surface area contributed by atoms with E-state index in [1.807, 2.05) is 12.3 Å². The maximum absolute atomic E-state index is 11.2. The van der Waals surface area contributed by atoms with Crippen molar-refractivity contribution in [1.82, 2.24) is 15.6 Å². The van der Waals surface area contributed by atoms with Crippen molar-refractivity contribution in [3.05, 3.63) is 16.1 Å². The molecule has 4 N–H and O–H groups in total. The van der Waals surface area contributed by atoms with Crippen molar-refractivity contribution in [2.75, 3.05) is 6.54 Å². The Hall–Kier alpha value is -1.67. The van der Waals surface area contributed by atoms with Gasteiger partial charge in [0.1, 0.15) is 5.01 Å². The molecule has 0 spiro atoms. The van der Waals surface area contributed by atoms with Gasteiger partial charge in [0.05, 0.1) is 13.1 Å². The van der Waals surface area contributed by atoms with Crippen molar-refractivity contribution in [2.24, 2.45) is 0 Å². The van der Waals surface area contributed by atoms with Gasteiger partial charge in [0, 0.05) is 11.1 Å². The molecule has 7 nitrogen and oxygen atoms in total. The number of aryl methyl sites for hydroxylation is 1. The minimum Gasteiger partial charge on any atom is -0.479 e. The van der Waals surface area contributed by atoms with E-state index in [4.69, 9.17) is 10.2 Å². The van der Waals surface area contributed by atoms with Gasteiger partial charge in [0.2, 0.25) is 0 Å². The topological polar surface area (TPSA) is 112 Å². The number of thiazole rings is 1. The maximum atomic E-state index is 11.2. The van der Waals surface area contributed by atoms with E-state index in [0.717, 1.165) is 10.7 Å². The summed E-state index contributed by atoms with van der Waals surface area (Å²) in [7, 11) is 0. The number of nitrogens with one attached hydrogen (secondary N) is 2. The number of aliphatic hydroxyl groups is 1. The highest BCUT2D eigenvalue weighted by Gasteiger charge is 2.13. The maximum Gasteiger partial charge on any atom is 0.334 e. The number of rotatable bonds is 5. The van der Waals surface area contributed by atoms with Crippen LogP contribution in [-0.4, -0.2) is 39.8 Å². The molecule has 1 aromatic rings. The lowest BCUT2D eigenvalue weighted by Crippen LogP contribution is -2.41. The summed E-state index contributed by atoms with van der Waals surface area (Å²) in [4.78, 5) is 25.6. The van der Waals surface area contributed by atoms with Crippen LogP contribution >= 0.6 is 11.3 Å². The monoisotopic (exact) mass is 259 g/mol. The lowest BCUT2D eigenvalue weighted by atomic mass is 10.4. The molecule has 0 radical (unpaired) electrons.